The largest absolute Gasteiger partial charge is 0.368 e. The lowest BCUT2D eigenvalue weighted by molar-refractivity contribution is 0.0951. The number of aryl methyl sites for hydroxylation is 1. The van der Waals surface area contributed by atoms with Crippen LogP contribution in [0.4, 0.5) is 17.1 Å². The van der Waals surface area contributed by atoms with E-state index in [-0.39, 0.29) is 5.91 Å². The van der Waals surface area contributed by atoms with Crippen molar-refractivity contribution in [1.29, 1.82) is 0 Å². The highest BCUT2D eigenvalue weighted by Crippen LogP contribution is 2.30. The summed E-state index contributed by atoms with van der Waals surface area (Å²) in [6, 6.07) is 21.7. The van der Waals surface area contributed by atoms with E-state index >= 15 is 0 Å². The maximum absolute atomic E-state index is 13.0. The molecule has 8 nitrogen and oxygen atoms in total. The van der Waals surface area contributed by atoms with Crippen molar-refractivity contribution >= 4 is 33.0 Å². The molecule has 1 amide bonds. The molecule has 1 saturated heterocycles. The monoisotopic (exact) mass is 535 g/mol. The van der Waals surface area contributed by atoms with Crippen LogP contribution in [0.1, 0.15) is 27.0 Å². The maximum atomic E-state index is 13.0. The summed E-state index contributed by atoms with van der Waals surface area (Å²) in [4.78, 5) is 19.6. The second kappa shape index (κ2) is 11.9. The first-order valence-corrected chi connectivity index (χ1v) is 14.7. The van der Waals surface area contributed by atoms with Crippen LogP contribution in [-0.4, -0.2) is 65.8 Å². The number of nitrogens with zero attached hydrogens (tertiary/aromatic N) is 3. The van der Waals surface area contributed by atoms with Crippen LogP contribution in [0.2, 0.25) is 0 Å². The van der Waals surface area contributed by atoms with Gasteiger partial charge in [-0.15, -0.1) is 0 Å². The number of amides is 1. The van der Waals surface area contributed by atoms with Gasteiger partial charge in [0.1, 0.15) is 0 Å². The molecule has 3 aromatic rings. The van der Waals surface area contributed by atoms with Gasteiger partial charge >= 0.3 is 0 Å². The Labute approximate surface area is 226 Å². The fourth-order valence-corrected chi connectivity index (χ4v) is 5.39. The fourth-order valence-electron chi connectivity index (χ4n) is 4.83. The second-order valence-electron chi connectivity index (χ2n) is 10.1. The molecular weight excluding hydrogens is 498 g/mol. The zero-order valence-electron chi connectivity index (χ0n) is 22.6. The Morgan fingerprint density at radius 1 is 0.868 bits per heavy atom. The molecule has 0 aliphatic carbocycles. The van der Waals surface area contributed by atoms with Gasteiger partial charge in [-0.2, -0.15) is 0 Å². The number of sulfonamides is 1. The highest BCUT2D eigenvalue weighted by Gasteiger charge is 2.22. The predicted octanol–water partition coefficient (Wildman–Crippen LogP) is 3.68. The van der Waals surface area contributed by atoms with Crippen LogP contribution in [-0.2, 0) is 23.1 Å². The molecule has 0 unspecified atom stereocenters. The Morgan fingerprint density at radius 2 is 1.53 bits per heavy atom. The van der Waals surface area contributed by atoms with Crippen LogP contribution >= 0.6 is 0 Å². The van der Waals surface area contributed by atoms with Crippen LogP contribution in [0.5, 0.6) is 0 Å². The molecule has 202 valence electrons. The van der Waals surface area contributed by atoms with E-state index in [1.54, 1.807) is 12.1 Å². The first kappa shape index (κ1) is 27.5. The van der Waals surface area contributed by atoms with Crippen LogP contribution in [0.25, 0.3) is 0 Å². The predicted molar refractivity (Wildman–Crippen MR) is 156 cm³/mol. The van der Waals surface area contributed by atoms with E-state index in [0.717, 1.165) is 50.2 Å². The number of para-hydroxylation sites is 1. The summed E-state index contributed by atoms with van der Waals surface area (Å²) < 4.78 is 27.0. The quantitative estimate of drug-likeness (QED) is 0.435. The van der Waals surface area contributed by atoms with Crippen molar-refractivity contribution in [1.82, 2.24) is 10.2 Å². The number of carbonyl (C=O) groups is 1. The summed E-state index contributed by atoms with van der Waals surface area (Å²) in [6.07, 6.45) is 1.13. The molecular formula is C29H37N5O3S. The first-order chi connectivity index (χ1) is 18.1. The highest BCUT2D eigenvalue weighted by atomic mass is 32.2. The molecule has 2 N–H and O–H groups in total. The average molecular weight is 536 g/mol. The fraction of sp³-hybridized carbons (Fsp3) is 0.345. The lowest BCUT2D eigenvalue weighted by Gasteiger charge is -2.38. The maximum Gasteiger partial charge on any atom is 0.251 e. The standard InChI is InChI=1S/C29H37N5O3S/c1-22-8-5-6-11-27(22)33-14-16-34(17-15-33)28-13-12-25(19-26(28)31-38(4,36)37)29(35)30-20-23-9-7-10-24(18-23)21-32(2)3/h5-13,18-19,31H,14-17,20-21H2,1-4H3,(H,30,35). The van der Waals surface area contributed by atoms with E-state index in [2.05, 4.69) is 55.9 Å². The van der Waals surface area contributed by atoms with Crippen molar-refractivity contribution in [3.05, 3.63) is 89.0 Å². The summed E-state index contributed by atoms with van der Waals surface area (Å²) in [5.41, 5.74) is 6.23. The zero-order valence-corrected chi connectivity index (χ0v) is 23.4. The highest BCUT2D eigenvalue weighted by molar-refractivity contribution is 7.92. The summed E-state index contributed by atoms with van der Waals surface area (Å²) in [5.74, 6) is -0.254. The molecule has 0 saturated carbocycles. The third-order valence-electron chi connectivity index (χ3n) is 6.57. The number of piperazine rings is 1. The molecule has 1 aliphatic rings. The van der Waals surface area contributed by atoms with Gasteiger partial charge in [0.05, 0.1) is 17.6 Å². The molecule has 0 aromatic heterocycles. The molecule has 3 aromatic carbocycles. The normalized spacial score (nSPS) is 14.0. The molecule has 1 aliphatic heterocycles. The van der Waals surface area contributed by atoms with Gasteiger partial charge in [-0.3, -0.25) is 9.52 Å². The van der Waals surface area contributed by atoms with Gasteiger partial charge in [0.2, 0.25) is 10.0 Å². The van der Waals surface area contributed by atoms with Crippen LogP contribution < -0.4 is 19.8 Å². The Morgan fingerprint density at radius 3 is 2.18 bits per heavy atom. The summed E-state index contributed by atoms with van der Waals surface area (Å²) in [6.45, 7) is 6.43. The van der Waals surface area contributed by atoms with E-state index in [4.69, 9.17) is 0 Å². The second-order valence-corrected chi connectivity index (χ2v) is 11.9. The molecule has 0 atom stereocenters. The number of rotatable bonds is 9. The van der Waals surface area contributed by atoms with Crippen molar-refractivity contribution in [3.63, 3.8) is 0 Å². The van der Waals surface area contributed by atoms with Gasteiger partial charge in [-0.1, -0.05) is 42.5 Å². The molecule has 1 heterocycles. The molecule has 0 radical (unpaired) electrons. The van der Waals surface area contributed by atoms with Crippen molar-refractivity contribution in [2.75, 3.05) is 61.1 Å². The van der Waals surface area contributed by atoms with Gasteiger partial charge in [0.25, 0.3) is 5.91 Å². The molecule has 1 fully saturated rings. The number of hydrogen-bond acceptors (Lipinski definition) is 6. The minimum absolute atomic E-state index is 0.254. The molecule has 9 heteroatoms. The third kappa shape index (κ3) is 7.26. The summed E-state index contributed by atoms with van der Waals surface area (Å²) in [5, 5.41) is 2.96. The lowest BCUT2D eigenvalue weighted by Crippen LogP contribution is -2.47. The van der Waals surface area contributed by atoms with E-state index in [9.17, 15) is 13.2 Å². The Balaban J connectivity index is 1.47. The van der Waals surface area contributed by atoms with Gasteiger partial charge in [-0.05, 0) is 62.0 Å². The van der Waals surface area contributed by atoms with Crippen molar-refractivity contribution in [2.45, 2.75) is 20.0 Å². The summed E-state index contributed by atoms with van der Waals surface area (Å²) in [7, 11) is 0.503. The van der Waals surface area contributed by atoms with Crippen molar-refractivity contribution in [2.24, 2.45) is 0 Å². The number of anilines is 3. The number of nitrogens with one attached hydrogen (secondary N) is 2. The first-order valence-electron chi connectivity index (χ1n) is 12.8. The Bertz CT molecular complexity index is 1380. The van der Waals surface area contributed by atoms with Crippen LogP contribution in [0.3, 0.4) is 0 Å². The van der Waals surface area contributed by atoms with E-state index < -0.39 is 10.0 Å². The van der Waals surface area contributed by atoms with E-state index in [0.29, 0.717) is 17.8 Å². The zero-order chi connectivity index (χ0) is 27.3. The Kier molecular flexibility index (Phi) is 8.58. The van der Waals surface area contributed by atoms with Crippen molar-refractivity contribution < 1.29 is 13.2 Å². The van der Waals surface area contributed by atoms with Gasteiger partial charge in [0.15, 0.2) is 0 Å². The minimum atomic E-state index is -3.53. The number of hydrogen-bond donors (Lipinski definition) is 2. The smallest absolute Gasteiger partial charge is 0.251 e. The number of benzene rings is 3. The third-order valence-corrected chi connectivity index (χ3v) is 7.16. The van der Waals surface area contributed by atoms with Gasteiger partial charge in [-0.25, -0.2) is 8.42 Å². The minimum Gasteiger partial charge on any atom is -0.368 e. The van der Waals surface area contributed by atoms with Crippen LogP contribution in [0, 0.1) is 6.92 Å². The SMILES string of the molecule is Cc1ccccc1N1CCN(c2ccc(C(=O)NCc3cccc(CN(C)C)c3)cc2NS(C)(=O)=O)CC1. The lowest BCUT2D eigenvalue weighted by atomic mass is 10.1. The molecule has 4 rings (SSSR count). The van der Waals surface area contributed by atoms with E-state index in [1.807, 2.05) is 44.4 Å². The van der Waals surface area contributed by atoms with Crippen molar-refractivity contribution in [3.8, 4) is 0 Å². The van der Waals surface area contributed by atoms with E-state index in [1.165, 1.54) is 16.8 Å². The molecule has 0 spiro atoms. The van der Waals surface area contributed by atoms with Crippen LogP contribution in [0.15, 0.2) is 66.7 Å². The van der Waals surface area contributed by atoms with Gasteiger partial charge < -0.3 is 20.0 Å². The Hall–Kier alpha value is -3.56. The average Bonchev–Trinajstić information content (AvgIpc) is 2.87. The van der Waals surface area contributed by atoms with Gasteiger partial charge in [0, 0.05) is 50.5 Å². The molecule has 0 bridgehead atoms. The topological polar surface area (TPSA) is 85.0 Å². The number of carbonyl (C=O) groups excluding carboxylic acids is 1. The summed E-state index contributed by atoms with van der Waals surface area (Å²) >= 11 is 0. The molecule has 38 heavy (non-hydrogen) atoms.